The Morgan fingerprint density at radius 3 is 2.44 bits per heavy atom. The second-order valence-corrected chi connectivity index (χ2v) is 5.71. The molecule has 4 nitrogen and oxygen atoms in total. The first-order valence-corrected chi connectivity index (χ1v) is 8.49. The van der Waals surface area contributed by atoms with Gasteiger partial charge in [-0.15, -0.1) is 0 Å². The van der Waals surface area contributed by atoms with Crippen molar-refractivity contribution in [2.45, 2.75) is 27.7 Å². The summed E-state index contributed by atoms with van der Waals surface area (Å²) < 4.78 is 11.1. The van der Waals surface area contributed by atoms with Crippen LogP contribution < -0.4 is 14.8 Å². The lowest BCUT2D eigenvalue weighted by molar-refractivity contribution is -0.111. The van der Waals surface area contributed by atoms with Gasteiger partial charge in [0.1, 0.15) is 0 Å². The van der Waals surface area contributed by atoms with Crippen LogP contribution in [0.15, 0.2) is 42.5 Å². The number of rotatable bonds is 7. The van der Waals surface area contributed by atoms with Crippen LogP contribution >= 0.6 is 0 Å². The van der Waals surface area contributed by atoms with Crippen LogP contribution in [0.1, 0.15) is 30.5 Å². The van der Waals surface area contributed by atoms with Gasteiger partial charge in [-0.1, -0.05) is 18.2 Å². The molecule has 0 aliphatic carbocycles. The van der Waals surface area contributed by atoms with Crippen LogP contribution in [0.4, 0.5) is 5.69 Å². The third kappa shape index (κ3) is 5.38. The van der Waals surface area contributed by atoms with Crippen molar-refractivity contribution in [1.82, 2.24) is 0 Å². The van der Waals surface area contributed by atoms with E-state index in [0.29, 0.717) is 24.7 Å². The van der Waals surface area contributed by atoms with E-state index in [1.54, 1.807) is 6.08 Å². The number of ether oxygens (including phenoxy) is 2. The molecule has 0 radical (unpaired) electrons. The Bertz CT molecular complexity index is 766. The molecule has 1 N–H and O–H groups in total. The summed E-state index contributed by atoms with van der Waals surface area (Å²) in [4.78, 5) is 12.2. The maximum atomic E-state index is 12.2. The average molecular weight is 339 g/mol. The molecular weight excluding hydrogens is 314 g/mol. The topological polar surface area (TPSA) is 47.6 Å². The van der Waals surface area contributed by atoms with Gasteiger partial charge in [-0.25, -0.2) is 0 Å². The molecule has 0 fully saturated rings. The van der Waals surface area contributed by atoms with Gasteiger partial charge in [-0.2, -0.15) is 0 Å². The van der Waals surface area contributed by atoms with Crippen LogP contribution in [0, 0.1) is 13.8 Å². The zero-order chi connectivity index (χ0) is 18.2. The summed E-state index contributed by atoms with van der Waals surface area (Å²) in [7, 11) is 0. The summed E-state index contributed by atoms with van der Waals surface area (Å²) >= 11 is 0. The van der Waals surface area contributed by atoms with E-state index in [-0.39, 0.29) is 5.91 Å². The monoisotopic (exact) mass is 339 g/mol. The fraction of sp³-hybridized carbons (Fsp3) is 0.286. The Kier molecular flexibility index (Phi) is 6.63. The highest BCUT2D eigenvalue weighted by Crippen LogP contribution is 2.29. The molecule has 132 valence electrons. The summed E-state index contributed by atoms with van der Waals surface area (Å²) in [5.74, 6) is 1.23. The van der Waals surface area contributed by atoms with E-state index in [1.807, 2.05) is 64.1 Å². The van der Waals surface area contributed by atoms with Crippen LogP contribution in [0.5, 0.6) is 11.5 Å². The molecule has 0 bridgehead atoms. The highest BCUT2D eigenvalue weighted by Gasteiger charge is 2.06. The lowest BCUT2D eigenvalue weighted by Crippen LogP contribution is -2.09. The smallest absolute Gasteiger partial charge is 0.248 e. The summed E-state index contributed by atoms with van der Waals surface area (Å²) in [6.07, 6.45) is 3.28. The van der Waals surface area contributed by atoms with Gasteiger partial charge in [-0.3, -0.25) is 4.79 Å². The molecule has 0 aromatic heterocycles. The van der Waals surface area contributed by atoms with Gasteiger partial charge in [0.05, 0.1) is 13.2 Å². The van der Waals surface area contributed by atoms with Crippen molar-refractivity contribution in [3.05, 3.63) is 59.2 Å². The predicted molar refractivity (Wildman–Crippen MR) is 102 cm³/mol. The van der Waals surface area contributed by atoms with Crippen LogP contribution in [-0.2, 0) is 4.79 Å². The predicted octanol–water partition coefficient (Wildman–Crippen LogP) is 4.75. The number of hydrogen-bond donors (Lipinski definition) is 1. The normalized spacial score (nSPS) is 10.7. The molecule has 2 aromatic carbocycles. The van der Waals surface area contributed by atoms with Crippen molar-refractivity contribution < 1.29 is 14.3 Å². The molecule has 2 aromatic rings. The minimum absolute atomic E-state index is 0.166. The summed E-state index contributed by atoms with van der Waals surface area (Å²) in [5.41, 5.74) is 3.85. The minimum Gasteiger partial charge on any atom is -0.490 e. The number of anilines is 1. The molecule has 0 saturated carbocycles. The summed E-state index contributed by atoms with van der Waals surface area (Å²) in [5, 5.41) is 2.91. The minimum atomic E-state index is -0.166. The molecule has 0 atom stereocenters. The molecule has 1 amide bonds. The Balaban J connectivity index is 2.11. The lowest BCUT2D eigenvalue weighted by Gasteiger charge is -2.11. The molecule has 0 unspecified atom stereocenters. The number of hydrogen-bond acceptors (Lipinski definition) is 3. The van der Waals surface area contributed by atoms with Gasteiger partial charge in [0.25, 0.3) is 0 Å². The van der Waals surface area contributed by atoms with Gasteiger partial charge in [0.15, 0.2) is 11.5 Å². The van der Waals surface area contributed by atoms with E-state index >= 15 is 0 Å². The van der Waals surface area contributed by atoms with Gasteiger partial charge in [0, 0.05) is 11.8 Å². The molecular formula is C21H25NO3. The van der Waals surface area contributed by atoms with Crippen molar-refractivity contribution in [1.29, 1.82) is 0 Å². The molecule has 25 heavy (non-hydrogen) atoms. The van der Waals surface area contributed by atoms with E-state index in [4.69, 9.17) is 9.47 Å². The first kappa shape index (κ1) is 18.6. The number of carbonyl (C=O) groups excluding carboxylic acids is 1. The van der Waals surface area contributed by atoms with Crippen LogP contribution in [0.3, 0.4) is 0 Å². The van der Waals surface area contributed by atoms with E-state index in [9.17, 15) is 4.79 Å². The van der Waals surface area contributed by atoms with E-state index in [2.05, 4.69) is 5.32 Å². The first-order chi connectivity index (χ1) is 12.0. The van der Waals surface area contributed by atoms with E-state index < -0.39 is 0 Å². The number of benzene rings is 2. The second-order valence-electron chi connectivity index (χ2n) is 5.71. The lowest BCUT2D eigenvalue weighted by atomic mass is 10.1. The maximum Gasteiger partial charge on any atom is 0.248 e. The third-order valence-corrected chi connectivity index (χ3v) is 3.65. The fourth-order valence-corrected chi connectivity index (χ4v) is 2.39. The molecule has 0 saturated heterocycles. The first-order valence-electron chi connectivity index (χ1n) is 8.49. The molecule has 0 aliphatic heterocycles. The van der Waals surface area contributed by atoms with Crippen LogP contribution in [-0.4, -0.2) is 19.1 Å². The Hall–Kier alpha value is -2.75. The van der Waals surface area contributed by atoms with Crippen molar-refractivity contribution >= 4 is 17.7 Å². The van der Waals surface area contributed by atoms with Crippen molar-refractivity contribution in [2.75, 3.05) is 18.5 Å². The third-order valence-electron chi connectivity index (χ3n) is 3.65. The Labute approximate surface area is 149 Å². The number of amides is 1. The Morgan fingerprint density at radius 1 is 1.00 bits per heavy atom. The zero-order valence-corrected chi connectivity index (χ0v) is 15.3. The van der Waals surface area contributed by atoms with E-state index in [1.165, 1.54) is 6.08 Å². The number of aryl methyl sites for hydroxylation is 2. The van der Waals surface area contributed by atoms with Crippen molar-refractivity contribution in [3.8, 4) is 11.5 Å². The highest BCUT2D eigenvalue weighted by molar-refractivity contribution is 6.02. The average Bonchev–Trinajstić information content (AvgIpc) is 2.59. The van der Waals surface area contributed by atoms with Gasteiger partial charge < -0.3 is 14.8 Å². The summed E-state index contributed by atoms with van der Waals surface area (Å²) in [6.45, 7) is 8.96. The van der Waals surface area contributed by atoms with Gasteiger partial charge in [-0.05, 0) is 68.7 Å². The molecule has 0 aliphatic rings. The number of nitrogens with one attached hydrogen (secondary N) is 1. The largest absolute Gasteiger partial charge is 0.490 e. The number of carbonyl (C=O) groups is 1. The standard InChI is InChI=1S/C21H25NO3/c1-5-24-19-11-9-17(14-20(19)25-6-2)10-12-21(23)22-18-13-15(3)7-8-16(18)4/h7-14H,5-6H2,1-4H3,(H,22,23)/b12-10+. The molecule has 4 heteroatoms. The van der Waals surface area contributed by atoms with Gasteiger partial charge in [0.2, 0.25) is 5.91 Å². The summed E-state index contributed by atoms with van der Waals surface area (Å²) in [6, 6.07) is 11.6. The highest BCUT2D eigenvalue weighted by atomic mass is 16.5. The maximum absolute atomic E-state index is 12.2. The van der Waals surface area contributed by atoms with E-state index in [0.717, 1.165) is 22.4 Å². The van der Waals surface area contributed by atoms with Crippen molar-refractivity contribution in [3.63, 3.8) is 0 Å². The zero-order valence-electron chi connectivity index (χ0n) is 15.3. The molecule has 0 spiro atoms. The van der Waals surface area contributed by atoms with Crippen molar-refractivity contribution in [2.24, 2.45) is 0 Å². The fourth-order valence-electron chi connectivity index (χ4n) is 2.39. The molecule has 2 rings (SSSR count). The van der Waals surface area contributed by atoms with Crippen LogP contribution in [0.2, 0.25) is 0 Å². The second kappa shape index (κ2) is 8.92. The molecule has 0 heterocycles. The SMILES string of the molecule is CCOc1ccc(/C=C/C(=O)Nc2cc(C)ccc2C)cc1OCC. The van der Waals surface area contributed by atoms with Crippen LogP contribution in [0.25, 0.3) is 6.08 Å². The van der Waals surface area contributed by atoms with Gasteiger partial charge >= 0.3 is 0 Å². The quantitative estimate of drug-likeness (QED) is 0.740. The Morgan fingerprint density at radius 2 is 1.72 bits per heavy atom.